The van der Waals surface area contributed by atoms with Crippen LogP contribution in [-0.4, -0.2) is 44.3 Å². The fourth-order valence-electron chi connectivity index (χ4n) is 3.20. The van der Waals surface area contributed by atoms with Crippen molar-refractivity contribution in [1.29, 1.82) is 0 Å². The summed E-state index contributed by atoms with van der Waals surface area (Å²) in [5.74, 6) is 0.727. The minimum absolute atomic E-state index is 0.0638. The van der Waals surface area contributed by atoms with Gasteiger partial charge in [0.2, 0.25) is 0 Å². The molecule has 0 aromatic rings. The first kappa shape index (κ1) is 21.9. The van der Waals surface area contributed by atoms with Crippen LogP contribution in [0.1, 0.15) is 79.1 Å². The third-order valence-electron chi connectivity index (χ3n) is 4.73. The lowest BCUT2D eigenvalue weighted by molar-refractivity contribution is 0.144. The molecule has 0 heterocycles. The number of hydrogen-bond acceptors (Lipinski definition) is 3. The Morgan fingerprint density at radius 1 is 0.864 bits per heavy atom. The fraction of sp³-hybridized carbons (Fsp3) is 1.00. The molecule has 0 atom stereocenters. The quantitative estimate of drug-likeness (QED) is 0.350. The molecule has 0 bridgehead atoms. The normalized spacial score (nSPS) is 12.5. The van der Waals surface area contributed by atoms with Crippen molar-refractivity contribution >= 4 is 0 Å². The van der Waals surface area contributed by atoms with Crippen LogP contribution in [-0.2, 0) is 0 Å². The summed E-state index contributed by atoms with van der Waals surface area (Å²) in [6.45, 7) is 12.6. The van der Waals surface area contributed by atoms with Crippen LogP contribution >= 0.6 is 0 Å². The van der Waals surface area contributed by atoms with E-state index < -0.39 is 0 Å². The summed E-state index contributed by atoms with van der Waals surface area (Å²) in [7, 11) is 4.20. The lowest BCUT2D eigenvalue weighted by Gasteiger charge is -2.39. The number of likely N-dealkylation sites (N-methyl/N-ethyl adjacent to an activating group) is 3. The van der Waals surface area contributed by atoms with E-state index in [1.54, 1.807) is 0 Å². The molecule has 0 saturated carbocycles. The van der Waals surface area contributed by atoms with Gasteiger partial charge in [-0.25, -0.2) is 0 Å². The second-order valence-electron chi connectivity index (χ2n) is 7.18. The van der Waals surface area contributed by atoms with Gasteiger partial charge in [0.1, 0.15) is 0 Å². The number of unbranched alkanes of at least 4 members (excludes halogenated alkanes) is 6. The van der Waals surface area contributed by atoms with Crippen LogP contribution < -0.4 is 10.6 Å². The van der Waals surface area contributed by atoms with Crippen molar-refractivity contribution in [1.82, 2.24) is 15.5 Å². The Morgan fingerprint density at radius 3 is 1.86 bits per heavy atom. The van der Waals surface area contributed by atoms with Gasteiger partial charge in [-0.05, 0) is 33.0 Å². The van der Waals surface area contributed by atoms with Gasteiger partial charge in [0.05, 0.1) is 5.66 Å². The van der Waals surface area contributed by atoms with Crippen LogP contribution in [0.2, 0.25) is 0 Å². The van der Waals surface area contributed by atoms with E-state index in [1.165, 1.54) is 57.9 Å². The third-order valence-corrected chi connectivity index (χ3v) is 4.73. The van der Waals surface area contributed by atoms with Gasteiger partial charge in [0.15, 0.2) is 0 Å². The Morgan fingerprint density at radius 2 is 1.41 bits per heavy atom. The summed E-state index contributed by atoms with van der Waals surface area (Å²) < 4.78 is 0. The Labute approximate surface area is 140 Å². The average molecular weight is 314 g/mol. The maximum atomic E-state index is 3.56. The zero-order valence-corrected chi connectivity index (χ0v) is 16.3. The highest BCUT2D eigenvalue weighted by molar-refractivity contribution is 4.86. The molecule has 2 N–H and O–H groups in total. The van der Waals surface area contributed by atoms with Crippen LogP contribution in [0, 0.1) is 5.92 Å². The molecule has 0 radical (unpaired) electrons. The first-order valence-corrected chi connectivity index (χ1v) is 9.63. The predicted molar refractivity (Wildman–Crippen MR) is 100 cm³/mol. The van der Waals surface area contributed by atoms with E-state index in [4.69, 9.17) is 0 Å². The zero-order valence-electron chi connectivity index (χ0n) is 16.3. The van der Waals surface area contributed by atoms with Gasteiger partial charge in [0, 0.05) is 13.1 Å². The second kappa shape index (κ2) is 13.3. The van der Waals surface area contributed by atoms with Gasteiger partial charge in [0.25, 0.3) is 0 Å². The SMILES string of the molecule is CCCCCCCCCC(CN(CC)CC(C)C)(NC)NC. The van der Waals surface area contributed by atoms with Crippen LogP contribution in [0.3, 0.4) is 0 Å². The predicted octanol–water partition coefficient (Wildman–Crippen LogP) is 4.24. The maximum Gasteiger partial charge on any atom is 0.0813 e. The molecule has 0 aliphatic heterocycles. The lowest BCUT2D eigenvalue weighted by Crippen LogP contribution is -2.61. The molecular formula is C19H43N3. The third kappa shape index (κ3) is 9.81. The van der Waals surface area contributed by atoms with Gasteiger partial charge in [-0.15, -0.1) is 0 Å². The molecule has 134 valence electrons. The van der Waals surface area contributed by atoms with E-state index in [0.29, 0.717) is 0 Å². The Balaban J connectivity index is 4.19. The summed E-state index contributed by atoms with van der Waals surface area (Å²) in [5.41, 5.74) is 0.0638. The topological polar surface area (TPSA) is 27.3 Å². The van der Waals surface area contributed by atoms with Crippen molar-refractivity contribution in [3.63, 3.8) is 0 Å². The molecule has 0 aromatic carbocycles. The van der Waals surface area contributed by atoms with Crippen molar-refractivity contribution in [3.05, 3.63) is 0 Å². The number of hydrogen-bond donors (Lipinski definition) is 2. The highest BCUT2D eigenvalue weighted by Crippen LogP contribution is 2.16. The summed E-state index contributed by atoms with van der Waals surface area (Å²) in [6, 6.07) is 0. The van der Waals surface area contributed by atoms with Crippen molar-refractivity contribution < 1.29 is 0 Å². The van der Waals surface area contributed by atoms with Gasteiger partial charge < -0.3 is 15.5 Å². The summed E-state index contributed by atoms with van der Waals surface area (Å²) in [5, 5.41) is 7.12. The molecule has 0 rings (SSSR count). The summed E-state index contributed by atoms with van der Waals surface area (Å²) >= 11 is 0. The van der Waals surface area contributed by atoms with E-state index in [2.05, 4.69) is 57.3 Å². The van der Waals surface area contributed by atoms with E-state index >= 15 is 0 Å². The molecule has 0 spiro atoms. The number of nitrogens with zero attached hydrogens (tertiary/aromatic N) is 1. The van der Waals surface area contributed by atoms with Crippen molar-refractivity contribution in [3.8, 4) is 0 Å². The molecule has 0 aromatic heterocycles. The molecule has 0 aliphatic carbocycles. The van der Waals surface area contributed by atoms with Crippen molar-refractivity contribution in [2.75, 3.05) is 33.7 Å². The second-order valence-corrected chi connectivity index (χ2v) is 7.18. The molecule has 3 heteroatoms. The van der Waals surface area contributed by atoms with Gasteiger partial charge in [-0.2, -0.15) is 0 Å². The molecular weight excluding hydrogens is 270 g/mol. The van der Waals surface area contributed by atoms with E-state index in [-0.39, 0.29) is 5.66 Å². The smallest absolute Gasteiger partial charge is 0.0813 e. The van der Waals surface area contributed by atoms with Crippen LogP contribution in [0.15, 0.2) is 0 Å². The Kier molecular flexibility index (Phi) is 13.3. The molecule has 0 aliphatic rings. The van der Waals surface area contributed by atoms with Gasteiger partial charge in [-0.3, -0.25) is 0 Å². The van der Waals surface area contributed by atoms with Gasteiger partial charge in [-0.1, -0.05) is 72.6 Å². The van der Waals surface area contributed by atoms with Crippen LogP contribution in [0.25, 0.3) is 0 Å². The Hall–Kier alpha value is -0.120. The molecule has 0 saturated heterocycles. The number of rotatable bonds is 15. The van der Waals surface area contributed by atoms with E-state index in [0.717, 1.165) is 19.0 Å². The maximum absolute atomic E-state index is 3.56. The average Bonchev–Trinajstić information content (AvgIpc) is 2.51. The first-order chi connectivity index (χ1) is 10.5. The van der Waals surface area contributed by atoms with Crippen LogP contribution in [0.5, 0.6) is 0 Å². The standard InChI is InChI=1S/C19H43N3/c1-7-9-10-11-12-13-14-15-19(20-5,21-6)17-22(8-2)16-18(3)4/h18,20-21H,7-17H2,1-6H3. The van der Waals surface area contributed by atoms with Crippen molar-refractivity contribution in [2.24, 2.45) is 5.92 Å². The summed E-state index contributed by atoms with van der Waals surface area (Å²) in [4.78, 5) is 2.57. The molecule has 22 heavy (non-hydrogen) atoms. The zero-order chi connectivity index (χ0) is 16.8. The molecule has 0 fully saturated rings. The van der Waals surface area contributed by atoms with E-state index in [1.807, 2.05) is 0 Å². The minimum atomic E-state index is 0.0638. The monoisotopic (exact) mass is 313 g/mol. The minimum Gasteiger partial charge on any atom is -0.301 e. The Bertz CT molecular complexity index is 237. The van der Waals surface area contributed by atoms with Crippen LogP contribution in [0.4, 0.5) is 0 Å². The summed E-state index contributed by atoms with van der Waals surface area (Å²) in [6.07, 6.45) is 10.8. The van der Waals surface area contributed by atoms with Gasteiger partial charge >= 0.3 is 0 Å². The highest BCUT2D eigenvalue weighted by atomic mass is 15.2. The molecule has 3 nitrogen and oxygen atoms in total. The fourth-order valence-corrected chi connectivity index (χ4v) is 3.20. The highest BCUT2D eigenvalue weighted by Gasteiger charge is 2.27. The largest absolute Gasteiger partial charge is 0.301 e. The molecule has 0 amide bonds. The van der Waals surface area contributed by atoms with Crippen molar-refractivity contribution in [2.45, 2.75) is 84.7 Å². The van der Waals surface area contributed by atoms with E-state index in [9.17, 15) is 0 Å². The number of nitrogens with one attached hydrogen (secondary N) is 2. The molecule has 0 unspecified atom stereocenters. The lowest BCUT2D eigenvalue weighted by atomic mass is 9.99. The first-order valence-electron chi connectivity index (χ1n) is 9.63.